The number of benzene rings is 1. The quantitative estimate of drug-likeness (QED) is 0.682. The highest BCUT2D eigenvalue weighted by atomic mass is 19.4. The van der Waals surface area contributed by atoms with Gasteiger partial charge in [-0.05, 0) is 44.9 Å². The Morgan fingerprint density at radius 1 is 1.08 bits per heavy atom. The van der Waals surface area contributed by atoms with Crippen LogP contribution in [0.3, 0.4) is 0 Å². The van der Waals surface area contributed by atoms with E-state index in [1.807, 2.05) is 30.5 Å². The van der Waals surface area contributed by atoms with Gasteiger partial charge in [0.1, 0.15) is 5.75 Å². The smallest absolute Gasteiger partial charge is 0.398 e. The van der Waals surface area contributed by atoms with Crippen molar-refractivity contribution in [3.05, 3.63) is 41.2 Å². The Bertz CT molecular complexity index is 990. The summed E-state index contributed by atoms with van der Waals surface area (Å²) in [5.74, 6) is 0.868. The van der Waals surface area contributed by atoms with Gasteiger partial charge in [0, 0.05) is 24.0 Å². The monoisotopic (exact) mass is 363 g/mol. The molecule has 0 radical (unpaired) electrons. The van der Waals surface area contributed by atoms with Gasteiger partial charge in [0.05, 0.1) is 23.4 Å². The van der Waals surface area contributed by atoms with Crippen LogP contribution in [0.5, 0.6) is 5.75 Å². The van der Waals surface area contributed by atoms with Crippen molar-refractivity contribution in [2.75, 3.05) is 7.11 Å². The van der Waals surface area contributed by atoms with E-state index in [4.69, 9.17) is 4.74 Å². The summed E-state index contributed by atoms with van der Waals surface area (Å²) in [6.07, 6.45) is -4.11. The third-order valence-electron chi connectivity index (χ3n) is 5.45. The zero-order valence-electron chi connectivity index (χ0n) is 15.1. The van der Waals surface area contributed by atoms with Crippen molar-refractivity contribution in [1.82, 2.24) is 14.3 Å². The Labute approximate surface area is 149 Å². The lowest BCUT2D eigenvalue weighted by Gasteiger charge is -2.22. The fourth-order valence-corrected chi connectivity index (χ4v) is 3.88. The maximum absolute atomic E-state index is 13.7. The van der Waals surface area contributed by atoms with Crippen molar-refractivity contribution in [3.8, 4) is 11.6 Å². The molecule has 2 heterocycles. The predicted octanol–water partition coefficient (Wildman–Crippen LogP) is 4.58. The summed E-state index contributed by atoms with van der Waals surface area (Å²) in [6.45, 7) is 3.89. The number of aromatic nitrogens is 3. The van der Waals surface area contributed by atoms with E-state index in [2.05, 4.69) is 5.10 Å². The molecule has 4 rings (SSSR count). The molecule has 0 N–H and O–H groups in total. The summed E-state index contributed by atoms with van der Waals surface area (Å²) in [5, 5.41) is 5.20. The van der Waals surface area contributed by atoms with E-state index in [-0.39, 0.29) is 24.2 Å². The molecule has 0 bridgehead atoms. The van der Waals surface area contributed by atoms with Crippen molar-refractivity contribution in [3.63, 3.8) is 0 Å². The van der Waals surface area contributed by atoms with Crippen molar-refractivity contribution in [2.24, 2.45) is 7.05 Å². The molecule has 0 unspecified atom stereocenters. The summed E-state index contributed by atoms with van der Waals surface area (Å²) in [6, 6.07) is 7.18. The molecule has 1 fully saturated rings. The van der Waals surface area contributed by atoms with Crippen molar-refractivity contribution in [1.29, 1.82) is 0 Å². The molecule has 0 aliphatic heterocycles. The van der Waals surface area contributed by atoms with Crippen molar-refractivity contribution >= 4 is 10.9 Å². The number of aryl methyl sites for hydroxylation is 3. The maximum Gasteiger partial charge on any atom is 0.398 e. The first-order chi connectivity index (χ1) is 12.2. The van der Waals surface area contributed by atoms with Crippen LogP contribution in [-0.2, 0) is 12.5 Å². The molecule has 2 aromatic heterocycles. The van der Waals surface area contributed by atoms with Gasteiger partial charge in [0.2, 0.25) is 0 Å². The fourth-order valence-electron chi connectivity index (χ4n) is 3.88. The van der Waals surface area contributed by atoms with Gasteiger partial charge in [-0.3, -0.25) is 4.68 Å². The minimum absolute atomic E-state index is 0.0928. The topological polar surface area (TPSA) is 32.0 Å². The van der Waals surface area contributed by atoms with E-state index in [0.29, 0.717) is 11.2 Å². The Morgan fingerprint density at radius 2 is 1.69 bits per heavy atom. The highest BCUT2D eigenvalue weighted by Crippen LogP contribution is 2.61. The molecule has 0 spiro atoms. The normalized spacial score (nSPS) is 16.3. The van der Waals surface area contributed by atoms with Crippen LogP contribution in [0, 0.1) is 13.8 Å². The summed E-state index contributed by atoms with van der Waals surface area (Å²) >= 11 is 0. The number of methoxy groups -OCH3 is 1. The van der Waals surface area contributed by atoms with Crippen LogP contribution in [-0.4, -0.2) is 27.6 Å². The second-order valence-corrected chi connectivity index (χ2v) is 7.02. The molecular weight excluding hydrogens is 343 g/mol. The number of rotatable bonds is 3. The highest BCUT2D eigenvalue weighted by Gasteiger charge is 2.65. The van der Waals surface area contributed by atoms with Gasteiger partial charge >= 0.3 is 6.18 Å². The van der Waals surface area contributed by atoms with E-state index < -0.39 is 11.6 Å². The Balaban J connectivity index is 2.07. The van der Waals surface area contributed by atoms with Gasteiger partial charge in [-0.25, -0.2) is 0 Å². The number of ether oxygens (including phenoxy) is 1. The van der Waals surface area contributed by atoms with Gasteiger partial charge in [-0.1, -0.05) is 6.07 Å². The van der Waals surface area contributed by atoms with Crippen molar-refractivity contribution in [2.45, 2.75) is 38.3 Å². The van der Waals surface area contributed by atoms with Crippen LogP contribution in [0.1, 0.15) is 29.8 Å². The summed E-state index contributed by atoms with van der Waals surface area (Å²) in [4.78, 5) is 0. The number of hydrogen-bond donors (Lipinski definition) is 0. The lowest BCUT2D eigenvalue weighted by Crippen LogP contribution is -2.29. The number of hydrogen-bond acceptors (Lipinski definition) is 2. The molecule has 138 valence electrons. The lowest BCUT2D eigenvalue weighted by atomic mass is 9.92. The predicted molar refractivity (Wildman–Crippen MR) is 93.0 cm³/mol. The largest absolute Gasteiger partial charge is 0.496 e. The van der Waals surface area contributed by atoms with Crippen LogP contribution in [0.2, 0.25) is 0 Å². The molecule has 7 heteroatoms. The molecule has 1 saturated carbocycles. The third kappa shape index (κ3) is 2.12. The van der Waals surface area contributed by atoms with Crippen LogP contribution in [0.15, 0.2) is 24.3 Å². The minimum atomic E-state index is -4.30. The second kappa shape index (κ2) is 5.28. The van der Waals surface area contributed by atoms with Gasteiger partial charge in [0.25, 0.3) is 0 Å². The molecule has 1 aliphatic carbocycles. The Hall–Kier alpha value is -2.44. The maximum atomic E-state index is 13.7. The van der Waals surface area contributed by atoms with E-state index >= 15 is 0 Å². The molecule has 1 aromatic carbocycles. The Kier molecular flexibility index (Phi) is 3.45. The zero-order valence-corrected chi connectivity index (χ0v) is 15.1. The molecular formula is C19H20F3N3O. The number of halogens is 3. The first kappa shape index (κ1) is 17.0. The van der Waals surface area contributed by atoms with Crippen LogP contribution < -0.4 is 4.74 Å². The van der Waals surface area contributed by atoms with E-state index in [0.717, 1.165) is 16.9 Å². The molecule has 3 aromatic rings. The average molecular weight is 363 g/mol. The highest BCUT2D eigenvalue weighted by molar-refractivity contribution is 5.94. The first-order valence-corrected chi connectivity index (χ1v) is 8.47. The number of nitrogens with zero attached hydrogens (tertiary/aromatic N) is 3. The minimum Gasteiger partial charge on any atom is -0.496 e. The molecule has 0 amide bonds. The van der Waals surface area contributed by atoms with Crippen LogP contribution in [0.25, 0.3) is 16.7 Å². The van der Waals surface area contributed by atoms with Crippen LogP contribution in [0.4, 0.5) is 13.2 Å². The van der Waals surface area contributed by atoms with Crippen LogP contribution >= 0.6 is 0 Å². The molecule has 0 atom stereocenters. The first-order valence-electron chi connectivity index (χ1n) is 8.47. The van der Waals surface area contributed by atoms with Gasteiger partial charge in [-0.15, -0.1) is 0 Å². The summed E-state index contributed by atoms with van der Waals surface area (Å²) < 4.78 is 50.3. The fraction of sp³-hybridized carbons (Fsp3) is 0.421. The summed E-state index contributed by atoms with van der Waals surface area (Å²) in [5.41, 5.74) is 1.07. The Morgan fingerprint density at radius 3 is 2.19 bits per heavy atom. The lowest BCUT2D eigenvalue weighted by molar-refractivity contribution is -0.160. The molecule has 4 nitrogen and oxygen atoms in total. The molecule has 0 saturated heterocycles. The third-order valence-corrected chi connectivity index (χ3v) is 5.45. The number of alkyl halides is 3. The van der Waals surface area contributed by atoms with Gasteiger partial charge in [-0.2, -0.15) is 18.3 Å². The second-order valence-electron chi connectivity index (χ2n) is 7.02. The average Bonchev–Trinajstić information content (AvgIpc) is 3.25. The van der Waals surface area contributed by atoms with E-state index in [1.165, 1.54) is 7.11 Å². The van der Waals surface area contributed by atoms with E-state index in [1.54, 1.807) is 23.9 Å². The van der Waals surface area contributed by atoms with Crippen molar-refractivity contribution < 1.29 is 17.9 Å². The van der Waals surface area contributed by atoms with Gasteiger partial charge < -0.3 is 9.30 Å². The summed E-state index contributed by atoms with van der Waals surface area (Å²) in [7, 11) is 3.21. The van der Waals surface area contributed by atoms with E-state index in [9.17, 15) is 13.2 Å². The number of fused-ring (bicyclic) bond motifs is 1. The standard InChI is InChI=1S/C19H20F3N3O/c1-11-5-6-12(2)25(11)17-15-14(24(3)23-17)8-7-13(16(15)26-4)18(9-10-18)19(20,21)22/h5-8H,9-10H2,1-4H3. The molecule has 26 heavy (non-hydrogen) atoms. The SMILES string of the molecule is COc1c(C2(C(F)(F)F)CC2)ccc2c1c(-n1c(C)ccc1C)nn2C. The zero-order chi connectivity index (χ0) is 18.9. The van der Waals surface area contributed by atoms with Gasteiger partial charge in [0.15, 0.2) is 5.82 Å². The molecule has 1 aliphatic rings.